The Morgan fingerprint density at radius 1 is 1.19 bits per heavy atom. The molecule has 0 radical (unpaired) electrons. The average molecular weight is 227 g/mol. The summed E-state index contributed by atoms with van der Waals surface area (Å²) in [6.07, 6.45) is 7.74. The Kier molecular flexibility index (Phi) is 6.37. The molecule has 3 unspecified atom stereocenters. The Hall–Kier alpha value is -0.0800. The van der Waals surface area contributed by atoms with Gasteiger partial charge < -0.3 is 10.4 Å². The molecular weight excluding hydrogens is 198 g/mol. The topological polar surface area (TPSA) is 32.3 Å². The molecule has 0 aromatic heterocycles. The molecule has 16 heavy (non-hydrogen) atoms. The van der Waals surface area contributed by atoms with Crippen LogP contribution in [0.15, 0.2) is 0 Å². The van der Waals surface area contributed by atoms with Crippen molar-refractivity contribution in [2.24, 2.45) is 11.8 Å². The highest BCUT2D eigenvalue weighted by molar-refractivity contribution is 4.78. The van der Waals surface area contributed by atoms with Gasteiger partial charge in [0.1, 0.15) is 0 Å². The van der Waals surface area contributed by atoms with Crippen LogP contribution in [0.5, 0.6) is 0 Å². The Labute approximate surface area is 101 Å². The van der Waals surface area contributed by atoms with E-state index in [1.165, 1.54) is 32.1 Å². The van der Waals surface area contributed by atoms with Crippen LogP contribution in [0.1, 0.15) is 59.3 Å². The van der Waals surface area contributed by atoms with Crippen LogP contribution in [-0.4, -0.2) is 23.8 Å². The second-order valence-electron chi connectivity index (χ2n) is 5.99. The molecule has 1 fully saturated rings. The molecule has 3 atom stereocenters. The van der Waals surface area contributed by atoms with E-state index in [0.29, 0.717) is 18.0 Å². The van der Waals surface area contributed by atoms with Crippen LogP contribution >= 0.6 is 0 Å². The lowest BCUT2D eigenvalue weighted by atomic mass is 10.0. The highest BCUT2D eigenvalue weighted by Crippen LogP contribution is 2.23. The van der Waals surface area contributed by atoms with Gasteiger partial charge in [-0.2, -0.15) is 0 Å². The number of hydrogen-bond donors (Lipinski definition) is 2. The summed E-state index contributed by atoms with van der Waals surface area (Å²) in [6.45, 7) is 7.09. The third-order valence-corrected chi connectivity index (χ3v) is 3.71. The van der Waals surface area contributed by atoms with Gasteiger partial charge >= 0.3 is 0 Å². The lowest BCUT2D eigenvalue weighted by molar-refractivity contribution is 0.208. The van der Waals surface area contributed by atoms with E-state index in [9.17, 15) is 5.11 Å². The first-order valence-electron chi connectivity index (χ1n) is 6.98. The molecular formula is C14H29NO. The molecule has 0 saturated heterocycles. The molecule has 1 aliphatic rings. The minimum Gasteiger partial charge on any atom is -0.395 e. The van der Waals surface area contributed by atoms with Crippen molar-refractivity contribution in [1.82, 2.24) is 5.32 Å². The summed E-state index contributed by atoms with van der Waals surface area (Å²) in [5.74, 6) is 1.55. The first-order chi connectivity index (χ1) is 7.61. The molecule has 0 aliphatic heterocycles. The van der Waals surface area contributed by atoms with E-state index >= 15 is 0 Å². The lowest BCUT2D eigenvalue weighted by Crippen LogP contribution is -2.41. The number of rotatable bonds is 5. The fraction of sp³-hybridized carbons (Fsp3) is 1.00. The van der Waals surface area contributed by atoms with Gasteiger partial charge in [-0.25, -0.2) is 0 Å². The third-order valence-electron chi connectivity index (χ3n) is 3.71. The van der Waals surface area contributed by atoms with E-state index in [-0.39, 0.29) is 6.61 Å². The molecule has 96 valence electrons. The maximum atomic E-state index is 9.37. The molecule has 1 saturated carbocycles. The molecule has 1 aliphatic carbocycles. The van der Waals surface area contributed by atoms with Crippen LogP contribution in [0.25, 0.3) is 0 Å². The summed E-state index contributed by atoms with van der Waals surface area (Å²) in [5, 5.41) is 13.0. The average Bonchev–Trinajstić information content (AvgIpc) is 2.42. The monoisotopic (exact) mass is 227 g/mol. The van der Waals surface area contributed by atoms with Gasteiger partial charge in [0.15, 0.2) is 0 Å². The molecule has 0 spiro atoms. The van der Waals surface area contributed by atoms with E-state index in [0.717, 1.165) is 12.3 Å². The van der Waals surface area contributed by atoms with Gasteiger partial charge in [0.2, 0.25) is 0 Å². The van der Waals surface area contributed by atoms with Gasteiger partial charge in [0.05, 0.1) is 6.61 Å². The van der Waals surface area contributed by atoms with Crippen LogP contribution in [-0.2, 0) is 0 Å². The second-order valence-corrected chi connectivity index (χ2v) is 5.99. The van der Waals surface area contributed by atoms with Crippen molar-refractivity contribution in [3.8, 4) is 0 Å². The predicted octanol–water partition coefficient (Wildman–Crippen LogP) is 2.95. The zero-order chi connectivity index (χ0) is 12.0. The highest BCUT2D eigenvalue weighted by atomic mass is 16.3. The number of aliphatic hydroxyl groups is 1. The number of hydrogen-bond acceptors (Lipinski definition) is 2. The maximum Gasteiger partial charge on any atom is 0.0584 e. The molecule has 2 N–H and O–H groups in total. The van der Waals surface area contributed by atoms with Crippen molar-refractivity contribution in [2.45, 2.75) is 71.4 Å². The van der Waals surface area contributed by atoms with E-state index in [1.807, 2.05) is 0 Å². The molecule has 0 aromatic rings. The number of nitrogens with one attached hydrogen (secondary N) is 1. The van der Waals surface area contributed by atoms with E-state index in [2.05, 4.69) is 26.1 Å². The summed E-state index contributed by atoms with van der Waals surface area (Å²) in [6, 6.07) is 0.944. The van der Waals surface area contributed by atoms with Gasteiger partial charge in [-0.05, 0) is 37.5 Å². The van der Waals surface area contributed by atoms with Crippen molar-refractivity contribution in [3.63, 3.8) is 0 Å². The zero-order valence-electron chi connectivity index (χ0n) is 11.2. The van der Waals surface area contributed by atoms with E-state index in [1.54, 1.807) is 0 Å². The zero-order valence-corrected chi connectivity index (χ0v) is 11.2. The van der Waals surface area contributed by atoms with Crippen molar-refractivity contribution in [2.75, 3.05) is 6.61 Å². The minimum atomic E-state index is 0.282. The molecule has 0 bridgehead atoms. The molecule has 2 nitrogen and oxygen atoms in total. The molecule has 2 heteroatoms. The Bertz CT molecular complexity index is 182. The molecule has 0 aromatic carbocycles. The maximum absolute atomic E-state index is 9.37. The van der Waals surface area contributed by atoms with Crippen LogP contribution in [0.3, 0.4) is 0 Å². The quantitative estimate of drug-likeness (QED) is 0.708. The van der Waals surface area contributed by atoms with Gasteiger partial charge in [-0.1, -0.05) is 33.6 Å². The van der Waals surface area contributed by atoms with Crippen molar-refractivity contribution >= 4 is 0 Å². The summed E-state index contributed by atoms with van der Waals surface area (Å²) in [4.78, 5) is 0. The van der Waals surface area contributed by atoms with Crippen molar-refractivity contribution in [1.29, 1.82) is 0 Å². The second kappa shape index (κ2) is 7.29. The molecule has 0 amide bonds. The summed E-state index contributed by atoms with van der Waals surface area (Å²) in [5.41, 5.74) is 0. The molecule has 1 rings (SSSR count). The largest absolute Gasteiger partial charge is 0.395 e. The Morgan fingerprint density at radius 2 is 1.94 bits per heavy atom. The highest BCUT2D eigenvalue weighted by Gasteiger charge is 2.19. The fourth-order valence-electron chi connectivity index (χ4n) is 2.75. The van der Waals surface area contributed by atoms with Gasteiger partial charge in [0.25, 0.3) is 0 Å². The van der Waals surface area contributed by atoms with Crippen LogP contribution in [0.2, 0.25) is 0 Å². The minimum absolute atomic E-state index is 0.282. The Balaban J connectivity index is 2.32. The van der Waals surface area contributed by atoms with E-state index in [4.69, 9.17) is 0 Å². The predicted molar refractivity (Wildman–Crippen MR) is 69.5 cm³/mol. The van der Waals surface area contributed by atoms with Crippen molar-refractivity contribution < 1.29 is 5.11 Å². The first kappa shape index (κ1) is 14.0. The lowest BCUT2D eigenvalue weighted by Gasteiger charge is -2.24. The SMILES string of the molecule is CC(C)CC(CO)NC1CCCC(C)CC1. The van der Waals surface area contributed by atoms with E-state index < -0.39 is 0 Å². The van der Waals surface area contributed by atoms with Gasteiger partial charge in [-0.15, -0.1) is 0 Å². The number of aliphatic hydroxyl groups excluding tert-OH is 1. The molecule has 0 heterocycles. The van der Waals surface area contributed by atoms with Gasteiger partial charge in [-0.3, -0.25) is 0 Å². The summed E-state index contributed by atoms with van der Waals surface area (Å²) in [7, 11) is 0. The van der Waals surface area contributed by atoms with Crippen molar-refractivity contribution in [3.05, 3.63) is 0 Å². The smallest absolute Gasteiger partial charge is 0.0584 e. The Morgan fingerprint density at radius 3 is 2.56 bits per heavy atom. The standard InChI is InChI=1S/C14H29NO/c1-11(2)9-14(10-16)15-13-6-4-5-12(3)7-8-13/h11-16H,4-10H2,1-3H3. The van der Waals surface area contributed by atoms with Crippen LogP contribution in [0, 0.1) is 11.8 Å². The third kappa shape index (κ3) is 5.31. The normalized spacial score (nSPS) is 29.1. The summed E-state index contributed by atoms with van der Waals surface area (Å²) < 4.78 is 0. The van der Waals surface area contributed by atoms with Gasteiger partial charge in [0, 0.05) is 12.1 Å². The summed E-state index contributed by atoms with van der Waals surface area (Å²) >= 11 is 0. The fourth-order valence-corrected chi connectivity index (χ4v) is 2.75. The van der Waals surface area contributed by atoms with Crippen LogP contribution < -0.4 is 5.32 Å². The van der Waals surface area contributed by atoms with Crippen LogP contribution in [0.4, 0.5) is 0 Å². The first-order valence-corrected chi connectivity index (χ1v) is 6.98.